The van der Waals surface area contributed by atoms with Gasteiger partial charge >= 0.3 is 0 Å². The second kappa shape index (κ2) is 10.6. The summed E-state index contributed by atoms with van der Waals surface area (Å²) in [5, 5.41) is 6.54. The average Bonchev–Trinajstić information content (AvgIpc) is 2.10. The van der Waals surface area contributed by atoms with Crippen molar-refractivity contribution in [1.82, 2.24) is 10.6 Å². The van der Waals surface area contributed by atoms with Crippen LogP contribution < -0.4 is 10.6 Å². The molecule has 72 valence electrons. The second-order valence-corrected chi connectivity index (χ2v) is 2.57. The summed E-state index contributed by atoms with van der Waals surface area (Å²) in [6.45, 7) is 8.40. The fraction of sp³-hybridized carbons (Fsp3) is 0.778. The van der Waals surface area contributed by atoms with E-state index < -0.39 is 0 Å². The van der Waals surface area contributed by atoms with Crippen molar-refractivity contribution in [3.05, 3.63) is 12.7 Å². The van der Waals surface area contributed by atoms with Crippen molar-refractivity contribution < 1.29 is 4.74 Å². The maximum atomic E-state index is 4.89. The predicted molar refractivity (Wildman–Crippen MR) is 52.4 cm³/mol. The third-order valence-corrected chi connectivity index (χ3v) is 1.49. The largest absolute Gasteiger partial charge is 0.383 e. The van der Waals surface area contributed by atoms with E-state index in [9.17, 15) is 0 Å². The summed E-state index contributed by atoms with van der Waals surface area (Å²) in [7, 11) is 1.71. The molecule has 0 saturated carbocycles. The zero-order valence-corrected chi connectivity index (χ0v) is 7.94. The third kappa shape index (κ3) is 9.62. The Balaban J connectivity index is 2.77. The number of hydrogen-bond donors (Lipinski definition) is 2. The van der Waals surface area contributed by atoms with Crippen LogP contribution in [0, 0.1) is 0 Å². The molecule has 0 aromatic carbocycles. The van der Waals surface area contributed by atoms with Gasteiger partial charge in [-0.1, -0.05) is 6.08 Å². The lowest BCUT2D eigenvalue weighted by Crippen LogP contribution is -2.29. The molecule has 0 bridgehead atoms. The molecule has 0 aliphatic rings. The minimum atomic E-state index is 0.784. The first-order valence-electron chi connectivity index (χ1n) is 4.43. The minimum absolute atomic E-state index is 0.784. The maximum absolute atomic E-state index is 4.89. The molecule has 0 fully saturated rings. The van der Waals surface area contributed by atoms with Crippen molar-refractivity contribution in [3.8, 4) is 0 Å². The van der Waals surface area contributed by atoms with E-state index >= 15 is 0 Å². The average molecular weight is 172 g/mol. The highest BCUT2D eigenvalue weighted by Crippen LogP contribution is 1.73. The molecular weight excluding hydrogens is 152 g/mol. The van der Waals surface area contributed by atoms with Gasteiger partial charge in [-0.05, 0) is 13.0 Å². The molecule has 3 nitrogen and oxygen atoms in total. The highest BCUT2D eigenvalue weighted by Gasteiger charge is 1.86. The Morgan fingerprint density at radius 2 is 1.83 bits per heavy atom. The normalized spacial score (nSPS) is 10.1. The fourth-order valence-electron chi connectivity index (χ4n) is 0.805. The third-order valence-electron chi connectivity index (χ3n) is 1.49. The Hall–Kier alpha value is -0.380. The first-order chi connectivity index (χ1) is 5.91. The van der Waals surface area contributed by atoms with Crippen molar-refractivity contribution in [2.75, 3.05) is 39.9 Å². The van der Waals surface area contributed by atoms with Crippen molar-refractivity contribution in [1.29, 1.82) is 0 Å². The number of nitrogens with one attached hydrogen (secondary N) is 2. The van der Waals surface area contributed by atoms with Gasteiger partial charge in [-0.3, -0.25) is 0 Å². The van der Waals surface area contributed by atoms with Gasteiger partial charge in [0.05, 0.1) is 6.61 Å². The van der Waals surface area contributed by atoms with E-state index in [2.05, 4.69) is 17.2 Å². The van der Waals surface area contributed by atoms with Crippen LogP contribution in [-0.2, 0) is 4.74 Å². The van der Waals surface area contributed by atoms with Crippen LogP contribution in [0.25, 0.3) is 0 Å². The molecule has 0 rings (SSSR count). The summed E-state index contributed by atoms with van der Waals surface area (Å²) in [6, 6.07) is 0. The predicted octanol–water partition coefficient (Wildman–Crippen LogP) is 0.388. The molecule has 0 atom stereocenters. The molecule has 0 aromatic heterocycles. The SMILES string of the molecule is C=CCCNCCNCCOC. The first-order valence-corrected chi connectivity index (χ1v) is 4.43. The summed E-state index contributed by atoms with van der Waals surface area (Å²) in [5.41, 5.74) is 0. The molecule has 0 aliphatic heterocycles. The summed E-state index contributed by atoms with van der Waals surface area (Å²) in [6.07, 6.45) is 2.96. The van der Waals surface area contributed by atoms with Gasteiger partial charge in [0.25, 0.3) is 0 Å². The van der Waals surface area contributed by atoms with E-state index in [1.54, 1.807) is 7.11 Å². The highest BCUT2D eigenvalue weighted by molar-refractivity contribution is 4.67. The summed E-state index contributed by atoms with van der Waals surface area (Å²) in [4.78, 5) is 0. The smallest absolute Gasteiger partial charge is 0.0587 e. The van der Waals surface area contributed by atoms with Crippen LogP contribution in [0.15, 0.2) is 12.7 Å². The molecule has 0 saturated heterocycles. The Bertz CT molecular complexity index is 96.5. The molecular formula is C9H20N2O. The topological polar surface area (TPSA) is 33.3 Å². The highest BCUT2D eigenvalue weighted by atomic mass is 16.5. The van der Waals surface area contributed by atoms with Gasteiger partial charge in [0.1, 0.15) is 0 Å². The molecule has 0 radical (unpaired) electrons. The van der Waals surface area contributed by atoms with Crippen LogP contribution >= 0.6 is 0 Å². The van der Waals surface area contributed by atoms with Crippen LogP contribution in [0.5, 0.6) is 0 Å². The lowest BCUT2D eigenvalue weighted by molar-refractivity contribution is 0.199. The van der Waals surface area contributed by atoms with Gasteiger partial charge in [0.2, 0.25) is 0 Å². The van der Waals surface area contributed by atoms with Crippen LogP contribution in [0.3, 0.4) is 0 Å². The summed E-state index contributed by atoms with van der Waals surface area (Å²) >= 11 is 0. The van der Waals surface area contributed by atoms with Crippen LogP contribution in [0.2, 0.25) is 0 Å². The van der Waals surface area contributed by atoms with Gasteiger partial charge in [0.15, 0.2) is 0 Å². The molecule has 0 spiro atoms. The standard InChI is InChI=1S/C9H20N2O/c1-3-4-5-10-6-7-11-8-9-12-2/h3,10-11H,1,4-9H2,2H3. The molecule has 0 aliphatic carbocycles. The Labute approximate surface area is 75.2 Å². The Morgan fingerprint density at radius 3 is 2.42 bits per heavy atom. The number of rotatable bonds is 9. The Kier molecular flexibility index (Phi) is 10.3. The number of hydrogen-bond acceptors (Lipinski definition) is 3. The quantitative estimate of drug-likeness (QED) is 0.390. The van der Waals surface area contributed by atoms with Gasteiger partial charge in [-0.15, -0.1) is 6.58 Å². The van der Waals surface area contributed by atoms with E-state index in [0.29, 0.717) is 0 Å². The van der Waals surface area contributed by atoms with E-state index in [4.69, 9.17) is 4.74 Å². The molecule has 0 aromatic rings. The van der Waals surface area contributed by atoms with Crippen LogP contribution in [-0.4, -0.2) is 39.9 Å². The van der Waals surface area contributed by atoms with Gasteiger partial charge in [-0.2, -0.15) is 0 Å². The van der Waals surface area contributed by atoms with E-state index in [1.165, 1.54) is 0 Å². The van der Waals surface area contributed by atoms with Crippen molar-refractivity contribution >= 4 is 0 Å². The molecule has 0 amide bonds. The zero-order valence-electron chi connectivity index (χ0n) is 7.94. The minimum Gasteiger partial charge on any atom is -0.383 e. The van der Waals surface area contributed by atoms with Gasteiger partial charge in [-0.25, -0.2) is 0 Å². The zero-order chi connectivity index (χ0) is 9.07. The van der Waals surface area contributed by atoms with Crippen molar-refractivity contribution in [3.63, 3.8) is 0 Å². The van der Waals surface area contributed by atoms with Crippen molar-refractivity contribution in [2.45, 2.75) is 6.42 Å². The fourth-order valence-corrected chi connectivity index (χ4v) is 0.805. The van der Waals surface area contributed by atoms with Gasteiger partial charge in [0, 0.05) is 26.7 Å². The molecule has 3 heteroatoms. The second-order valence-electron chi connectivity index (χ2n) is 2.57. The Morgan fingerprint density at radius 1 is 1.17 bits per heavy atom. The maximum Gasteiger partial charge on any atom is 0.0587 e. The van der Waals surface area contributed by atoms with Crippen LogP contribution in [0.4, 0.5) is 0 Å². The first kappa shape index (κ1) is 11.6. The molecule has 12 heavy (non-hydrogen) atoms. The van der Waals surface area contributed by atoms with E-state index in [0.717, 1.165) is 39.2 Å². The number of methoxy groups -OCH3 is 1. The van der Waals surface area contributed by atoms with E-state index in [-0.39, 0.29) is 0 Å². The molecule has 0 heterocycles. The van der Waals surface area contributed by atoms with E-state index in [1.807, 2.05) is 6.08 Å². The molecule has 0 unspecified atom stereocenters. The van der Waals surface area contributed by atoms with Crippen molar-refractivity contribution in [2.24, 2.45) is 0 Å². The summed E-state index contributed by atoms with van der Waals surface area (Å²) in [5.74, 6) is 0. The van der Waals surface area contributed by atoms with Crippen LogP contribution in [0.1, 0.15) is 6.42 Å². The number of ether oxygens (including phenoxy) is 1. The summed E-state index contributed by atoms with van der Waals surface area (Å²) < 4.78 is 4.89. The lowest BCUT2D eigenvalue weighted by Gasteiger charge is -2.04. The molecule has 2 N–H and O–H groups in total. The monoisotopic (exact) mass is 172 g/mol. The van der Waals surface area contributed by atoms with Gasteiger partial charge < -0.3 is 15.4 Å². The lowest BCUT2D eigenvalue weighted by atomic mass is 10.4.